The quantitative estimate of drug-likeness (QED) is 0.859. The maximum Gasteiger partial charge on any atom is 0.255 e. The summed E-state index contributed by atoms with van der Waals surface area (Å²) in [6.07, 6.45) is 8.49. The molecule has 2 aliphatic rings. The van der Waals surface area contributed by atoms with Gasteiger partial charge in [-0.2, -0.15) is 0 Å². The van der Waals surface area contributed by atoms with Crippen LogP contribution in [0.15, 0.2) is 24.5 Å². The van der Waals surface area contributed by atoms with Crippen LogP contribution in [0.3, 0.4) is 0 Å². The number of carbonyl (C=O) groups excluding carboxylic acids is 1. The summed E-state index contributed by atoms with van der Waals surface area (Å²) < 4.78 is 2.39. The van der Waals surface area contributed by atoms with Crippen LogP contribution in [-0.4, -0.2) is 38.4 Å². The highest BCUT2D eigenvalue weighted by atomic mass is 16.2. The first-order valence-corrected chi connectivity index (χ1v) is 9.36. The van der Waals surface area contributed by atoms with Gasteiger partial charge in [0.1, 0.15) is 5.82 Å². The lowest BCUT2D eigenvalue weighted by Crippen LogP contribution is -2.41. The van der Waals surface area contributed by atoms with E-state index in [0.29, 0.717) is 17.4 Å². The smallest absolute Gasteiger partial charge is 0.255 e. The molecule has 2 aromatic heterocycles. The number of carbonyl (C=O) groups is 1. The van der Waals surface area contributed by atoms with Gasteiger partial charge in [0.25, 0.3) is 5.91 Å². The van der Waals surface area contributed by atoms with E-state index in [0.717, 1.165) is 31.7 Å². The number of rotatable bonds is 4. The van der Waals surface area contributed by atoms with Gasteiger partial charge in [0, 0.05) is 49.3 Å². The monoisotopic (exact) mass is 338 g/mol. The molecule has 1 saturated carbocycles. The third-order valence-electron chi connectivity index (χ3n) is 5.43. The minimum atomic E-state index is 0.113. The van der Waals surface area contributed by atoms with E-state index in [1.165, 1.54) is 30.8 Å². The van der Waals surface area contributed by atoms with Crippen molar-refractivity contribution in [2.45, 2.75) is 52.0 Å². The third kappa shape index (κ3) is 3.46. The second-order valence-electron chi connectivity index (χ2n) is 7.59. The molecule has 25 heavy (non-hydrogen) atoms. The Balaban J connectivity index is 1.45. The SMILES string of the molecule is Cc1ccc(C(=O)N2CCCC(Cn3c(C)cnc3C3CC3)C2)cn1. The highest BCUT2D eigenvalue weighted by molar-refractivity contribution is 5.94. The van der Waals surface area contributed by atoms with Crippen LogP contribution >= 0.6 is 0 Å². The zero-order valence-electron chi connectivity index (χ0n) is 15.1. The lowest BCUT2D eigenvalue weighted by molar-refractivity contribution is 0.0661. The first kappa shape index (κ1) is 16.3. The second kappa shape index (κ2) is 6.62. The van der Waals surface area contributed by atoms with Gasteiger partial charge in [0.2, 0.25) is 0 Å². The standard InChI is InChI=1S/C20H26N4O/c1-14-5-6-18(11-21-14)20(25)23-9-3-4-16(12-23)13-24-15(2)10-22-19(24)17-7-8-17/h5-6,10-11,16-17H,3-4,7-9,12-13H2,1-2H3. The molecule has 0 spiro atoms. The van der Waals surface area contributed by atoms with Crippen molar-refractivity contribution in [1.82, 2.24) is 19.4 Å². The van der Waals surface area contributed by atoms with Crippen LogP contribution < -0.4 is 0 Å². The number of likely N-dealkylation sites (tertiary alicyclic amines) is 1. The third-order valence-corrected chi connectivity index (χ3v) is 5.43. The van der Waals surface area contributed by atoms with Crippen LogP contribution in [0.4, 0.5) is 0 Å². The summed E-state index contributed by atoms with van der Waals surface area (Å²) in [7, 11) is 0. The average Bonchev–Trinajstić information content (AvgIpc) is 3.40. The first-order valence-electron chi connectivity index (χ1n) is 9.36. The Hall–Kier alpha value is -2.17. The molecule has 132 valence electrons. The lowest BCUT2D eigenvalue weighted by Gasteiger charge is -2.33. The van der Waals surface area contributed by atoms with Crippen LogP contribution in [0.2, 0.25) is 0 Å². The first-order chi connectivity index (χ1) is 12.1. The van der Waals surface area contributed by atoms with Crippen molar-refractivity contribution in [3.8, 4) is 0 Å². The predicted octanol–water partition coefficient (Wildman–Crippen LogP) is 3.32. The molecule has 5 heteroatoms. The fraction of sp³-hybridized carbons (Fsp3) is 0.550. The summed E-state index contributed by atoms with van der Waals surface area (Å²) >= 11 is 0. The van der Waals surface area contributed by atoms with Crippen LogP contribution in [0, 0.1) is 19.8 Å². The molecule has 2 fully saturated rings. The molecule has 0 aromatic carbocycles. The van der Waals surface area contributed by atoms with Gasteiger partial charge in [-0.25, -0.2) is 4.98 Å². The Labute approximate surface area is 149 Å². The molecule has 0 radical (unpaired) electrons. The zero-order valence-corrected chi connectivity index (χ0v) is 15.1. The number of pyridine rings is 1. The van der Waals surface area contributed by atoms with Crippen LogP contribution in [0.1, 0.15) is 59.2 Å². The topological polar surface area (TPSA) is 51.0 Å². The van der Waals surface area contributed by atoms with Crippen molar-refractivity contribution in [2.24, 2.45) is 5.92 Å². The fourth-order valence-corrected chi connectivity index (χ4v) is 3.82. The summed E-state index contributed by atoms with van der Waals surface area (Å²) in [6, 6.07) is 3.80. The van der Waals surface area contributed by atoms with Crippen molar-refractivity contribution >= 4 is 5.91 Å². The molecular weight excluding hydrogens is 312 g/mol. The van der Waals surface area contributed by atoms with Crippen molar-refractivity contribution < 1.29 is 4.79 Å². The second-order valence-corrected chi connectivity index (χ2v) is 7.59. The largest absolute Gasteiger partial charge is 0.338 e. The lowest BCUT2D eigenvalue weighted by atomic mass is 9.97. The molecule has 1 amide bonds. The molecule has 0 N–H and O–H groups in total. The summed E-state index contributed by atoms with van der Waals surface area (Å²) in [4.78, 5) is 23.7. The summed E-state index contributed by atoms with van der Waals surface area (Å²) in [6.45, 7) is 6.74. The molecule has 1 saturated heterocycles. The maximum atomic E-state index is 12.8. The van der Waals surface area contributed by atoms with E-state index in [4.69, 9.17) is 0 Å². The molecule has 5 nitrogen and oxygen atoms in total. The number of aryl methyl sites for hydroxylation is 2. The van der Waals surface area contributed by atoms with Gasteiger partial charge in [-0.3, -0.25) is 9.78 Å². The number of hydrogen-bond acceptors (Lipinski definition) is 3. The van der Waals surface area contributed by atoms with E-state index >= 15 is 0 Å². The molecule has 3 heterocycles. The van der Waals surface area contributed by atoms with E-state index in [1.807, 2.05) is 30.2 Å². The molecule has 1 unspecified atom stereocenters. The van der Waals surface area contributed by atoms with Gasteiger partial charge >= 0.3 is 0 Å². The van der Waals surface area contributed by atoms with E-state index < -0.39 is 0 Å². The summed E-state index contributed by atoms with van der Waals surface area (Å²) in [5.41, 5.74) is 2.88. The van der Waals surface area contributed by atoms with Crippen molar-refractivity contribution in [3.05, 3.63) is 47.3 Å². The minimum Gasteiger partial charge on any atom is -0.338 e. The van der Waals surface area contributed by atoms with Gasteiger partial charge in [-0.15, -0.1) is 0 Å². The van der Waals surface area contributed by atoms with Crippen molar-refractivity contribution in [2.75, 3.05) is 13.1 Å². The van der Waals surface area contributed by atoms with E-state index in [9.17, 15) is 4.79 Å². The number of amides is 1. The Morgan fingerprint density at radius 2 is 2.00 bits per heavy atom. The normalized spacial score (nSPS) is 20.7. The molecular formula is C20H26N4O. The Kier molecular flexibility index (Phi) is 4.32. The molecule has 2 aromatic rings. The van der Waals surface area contributed by atoms with Gasteiger partial charge in [-0.05, 0) is 57.6 Å². The van der Waals surface area contributed by atoms with E-state index in [1.54, 1.807) is 6.20 Å². The number of imidazole rings is 1. The van der Waals surface area contributed by atoms with Crippen molar-refractivity contribution in [1.29, 1.82) is 0 Å². The number of nitrogens with zero attached hydrogens (tertiary/aromatic N) is 4. The van der Waals surface area contributed by atoms with Crippen molar-refractivity contribution in [3.63, 3.8) is 0 Å². The van der Waals surface area contributed by atoms with Gasteiger partial charge in [0.15, 0.2) is 0 Å². The average molecular weight is 338 g/mol. The molecule has 0 bridgehead atoms. The molecule has 1 atom stereocenters. The number of piperidine rings is 1. The zero-order chi connectivity index (χ0) is 17.4. The Morgan fingerprint density at radius 1 is 1.16 bits per heavy atom. The highest BCUT2D eigenvalue weighted by Crippen LogP contribution is 2.40. The highest BCUT2D eigenvalue weighted by Gasteiger charge is 2.31. The van der Waals surface area contributed by atoms with Gasteiger partial charge in [-0.1, -0.05) is 0 Å². The van der Waals surface area contributed by atoms with E-state index in [2.05, 4.69) is 21.5 Å². The summed E-state index contributed by atoms with van der Waals surface area (Å²) in [5, 5.41) is 0. The number of hydrogen-bond donors (Lipinski definition) is 0. The van der Waals surface area contributed by atoms with E-state index in [-0.39, 0.29) is 5.91 Å². The minimum absolute atomic E-state index is 0.113. The van der Waals surface area contributed by atoms with Gasteiger partial charge in [0.05, 0.1) is 5.56 Å². The molecule has 4 rings (SSSR count). The summed E-state index contributed by atoms with van der Waals surface area (Å²) in [5.74, 6) is 2.53. The maximum absolute atomic E-state index is 12.8. The van der Waals surface area contributed by atoms with Crippen LogP contribution in [0.25, 0.3) is 0 Å². The Morgan fingerprint density at radius 3 is 2.72 bits per heavy atom. The fourth-order valence-electron chi connectivity index (χ4n) is 3.82. The predicted molar refractivity (Wildman–Crippen MR) is 96.5 cm³/mol. The van der Waals surface area contributed by atoms with Gasteiger partial charge < -0.3 is 9.47 Å². The number of aromatic nitrogens is 3. The molecule has 1 aliphatic heterocycles. The van der Waals surface area contributed by atoms with Crippen LogP contribution in [0.5, 0.6) is 0 Å². The molecule has 1 aliphatic carbocycles. The Bertz CT molecular complexity index is 761. The van der Waals surface area contributed by atoms with Crippen LogP contribution in [-0.2, 0) is 6.54 Å².